The predicted molar refractivity (Wildman–Crippen MR) is 69.3 cm³/mol. The largest absolute Gasteiger partial charge is 0.316 e. The van der Waals surface area contributed by atoms with E-state index in [1.807, 2.05) is 50.4 Å². The van der Waals surface area contributed by atoms with E-state index < -0.39 is 0 Å². The van der Waals surface area contributed by atoms with E-state index in [1.165, 1.54) is 0 Å². The molecule has 2 heteroatoms. The Labute approximate surface area is 101 Å². The van der Waals surface area contributed by atoms with Gasteiger partial charge in [-0.05, 0) is 36.7 Å². The van der Waals surface area contributed by atoms with E-state index in [0.717, 1.165) is 16.7 Å². The van der Waals surface area contributed by atoms with Crippen LogP contribution in [0.3, 0.4) is 0 Å². The standard InChI is InChI=1S/C15H16FN/c1-11-5-3-4-6-13(11)14-8-7-12(10-17-2)9-15(14)16/h3-9,17H,10H2,1-2H3. The van der Waals surface area contributed by atoms with Crippen LogP contribution >= 0.6 is 0 Å². The van der Waals surface area contributed by atoms with Crippen LogP contribution in [0.2, 0.25) is 0 Å². The molecule has 0 heterocycles. The number of hydrogen-bond donors (Lipinski definition) is 1. The second kappa shape index (κ2) is 5.11. The topological polar surface area (TPSA) is 12.0 Å². The Kier molecular flexibility index (Phi) is 3.55. The van der Waals surface area contributed by atoms with Gasteiger partial charge in [-0.1, -0.05) is 36.4 Å². The zero-order valence-electron chi connectivity index (χ0n) is 10.1. The lowest BCUT2D eigenvalue weighted by Crippen LogP contribution is -2.05. The van der Waals surface area contributed by atoms with E-state index in [4.69, 9.17) is 0 Å². The van der Waals surface area contributed by atoms with Crippen LogP contribution < -0.4 is 5.32 Å². The second-order valence-corrected chi connectivity index (χ2v) is 4.16. The Morgan fingerprint density at radius 1 is 1.06 bits per heavy atom. The highest BCUT2D eigenvalue weighted by molar-refractivity contribution is 5.67. The average Bonchev–Trinajstić information content (AvgIpc) is 2.31. The van der Waals surface area contributed by atoms with E-state index in [0.29, 0.717) is 12.1 Å². The zero-order chi connectivity index (χ0) is 12.3. The zero-order valence-corrected chi connectivity index (χ0v) is 10.1. The maximum atomic E-state index is 14.0. The fraction of sp³-hybridized carbons (Fsp3) is 0.200. The highest BCUT2D eigenvalue weighted by Gasteiger charge is 2.07. The van der Waals surface area contributed by atoms with E-state index in [2.05, 4.69) is 5.32 Å². The first-order chi connectivity index (χ1) is 8.22. The molecule has 0 saturated carbocycles. The van der Waals surface area contributed by atoms with Gasteiger partial charge < -0.3 is 5.32 Å². The van der Waals surface area contributed by atoms with E-state index in [9.17, 15) is 4.39 Å². The quantitative estimate of drug-likeness (QED) is 0.849. The van der Waals surface area contributed by atoms with Gasteiger partial charge in [0, 0.05) is 12.1 Å². The molecule has 0 aromatic heterocycles. The Morgan fingerprint density at radius 2 is 1.82 bits per heavy atom. The summed E-state index contributed by atoms with van der Waals surface area (Å²) >= 11 is 0. The molecule has 0 aliphatic carbocycles. The molecule has 0 spiro atoms. The monoisotopic (exact) mass is 229 g/mol. The third-order valence-corrected chi connectivity index (χ3v) is 2.85. The van der Waals surface area contributed by atoms with Crippen LogP contribution in [0, 0.1) is 12.7 Å². The molecule has 2 aromatic rings. The van der Waals surface area contributed by atoms with Crippen molar-refractivity contribution in [1.29, 1.82) is 0 Å². The minimum atomic E-state index is -0.160. The molecule has 17 heavy (non-hydrogen) atoms. The summed E-state index contributed by atoms with van der Waals surface area (Å²) in [6.45, 7) is 2.68. The maximum absolute atomic E-state index is 14.0. The first kappa shape index (κ1) is 11.8. The molecular weight excluding hydrogens is 213 g/mol. The molecule has 88 valence electrons. The van der Waals surface area contributed by atoms with Crippen molar-refractivity contribution in [3.05, 3.63) is 59.4 Å². The number of benzene rings is 2. The highest BCUT2D eigenvalue weighted by Crippen LogP contribution is 2.26. The Morgan fingerprint density at radius 3 is 2.47 bits per heavy atom. The lowest BCUT2D eigenvalue weighted by Gasteiger charge is -2.08. The predicted octanol–water partition coefficient (Wildman–Crippen LogP) is 3.52. The van der Waals surface area contributed by atoms with Crippen molar-refractivity contribution in [1.82, 2.24) is 5.32 Å². The summed E-state index contributed by atoms with van der Waals surface area (Å²) in [5.41, 5.74) is 3.68. The van der Waals surface area contributed by atoms with Gasteiger partial charge in [0.2, 0.25) is 0 Å². The molecule has 2 aromatic carbocycles. The van der Waals surface area contributed by atoms with Crippen molar-refractivity contribution in [2.75, 3.05) is 7.05 Å². The van der Waals surface area contributed by atoms with Gasteiger partial charge in [0.15, 0.2) is 0 Å². The van der Waals surface area contributed by atoms with Gasteiger partial charge >= 0.3 is 0 Å². The molecule has 0 aliphatic heterocycles. The van der Waals surface area contributed by atoms with Gasteiger partial charge in [-0.3, -0.25) is 0 Å². The molecule has 0 saturated heterocycles. The summed E-state index contributed by atoms with van der Waals surface area (Å²) in [7, 11) is 1.85. The molecule has 0 aliphatic rings. The summed E-state index contributed by atoms with van der Waals surface area (Å²) in [6.07, 6.45) is 0. The van der Waals surface area contributed by atoms with Gasteiger partial charge in [0.05, 0.1) is 0 Å². The minimum absolute atomic E-state index is 0.160. The molecule has 1 nitrogen and oxygen atoms in total. The lowest BCUT2D eigenvalue weighted by atomic mass is 9.99. The van der Waals surface area contributed by atoms with Crippen molar-refractivity contribution in [3.63, 3.8) is 0 Å². The number of halogens is 1. The number of hydrogen-bond acceptors (Lipinski definition) is 1. The molecule has 0 bridgehead atoms. The lowest BCUT2D eigenvalue weighted by molar-refractivity contribution is 0.627. The number of nitrogens with one attached hydrogen (secondary N) is 1. The van der Waals surface area contributed by atoms with Crippen LogP contribution in [0.5, 0.6) is 0 Å². The van der Waals surface area contributed by atoms with Crippen LogP contribution in [0.25, 0.3) is 11.1 Å². The smallest absolute Gasteiger partial charge is 0.131 e. The third kappa shape index (κ3) is 2.53. The van der Waals surface area contributed by atoms with Gasteiger partial charge in [-0.15, -0.1) is 0 Å². The Hall–Kier alpha value is -1.67. The van der Waals surface area contributed by atoms with Crippen LogP contribution in [0.1, 0.15) is 11.1 Å². The molecule has 0 atom stereocenters. The SMILES string of the molecule is CNCc1ccc(-c2ccccc2C)c(F)c1. The fourth-order valence-corrected chi connectivity index (χ4v) is 1.97. The van der Waals surface area contributed by atoms with Crippen molar-refractivity contribution in [3.8, 4) is 11.1 Å². The summed E-state index contributed by atoms with van der Waals surface area (Å²) < 4.78 is 14.0. The van der Waals surface area contributed by atoms with Crippen molar-refractivity contribution >= 4 is 0 Å². The molecule has 2 rings (SSSR count). The van der Waals surface area contributed by atoms with Crippen LogP contribution in [-0.2, 0) is 6.54 Å². The van der Waals surface area contributed by atoms with E-state index in [1.54, 1.807) is 6.07 Å². The van der Waals surface area contributed by atoms with Crippen molar-refractivity contribution in [2.24, 2.45) is 0 Å². The Balaban J connectivity index is 2.44. The summed E-state index contributed by atoms with van der Waals surface area (Å²) in [5.74, 6) is -0.160. The molecule has 0 fully saturated rings. The van der Waals surface area contributed by atoms with Gasteiger partial charge in [0.1, 0.15) is 5.82 Å². The normalized spacial score (nSPS) is 10.5. The van der Waals surface area contributed by atoms with Gasteiger partial charge in [-0.25, -0.2) is 4.39 Å². The molecule has 0 amide bonds. The van der Waals surface area contributed by atoms with Crippen LogP contribution in [0.15, 0.2) is 42.5 Å². The Bertz CT molecular complexity index is 520. The molecule has 0 unspecified atom stereocenters. The second-order valence-electron chi connectivity index (χ2n) is 4.16. The summed E-state index contributed by atoms with van der Waals surface area (Å²) in [5, 5.41) is 3.02. The average molecular weight is 229 g/mol. The molecule has 0 radical (unpaired) electrons. The number of aryl methyl sites for hydroxylation is 1. The minimum Gasteiger partial charge on any atom is -0.316 e. The first-order valence-electron chi connectivity index (χ1n) is 5.71. The number of rotatable bonds is 3. The summed E-state index contributed by atoms with van der Waals surface area (Å²) in [6, 6.07) is 13.3. The molecular formula is C15H16FN. The van der Waals surface area contributed by atoms with E-state index in [-0.39, 0.29) is 5.82 Å². The van der Waals surface area contributed by atoms with Gasteiger partial charge in [0.25, 0.3) is 0 Å². The first-order valence-corrected chi connectivity index (χ1v) is 5.71. The van der Waals surface area contributed by atoms with Gasteiger partial charge in [-0.2, -0.15) is 0 Å². The van der Waals surface area contributed by atoms with Crippen LogP contribution in [0.4, 0.5) is 4.39 Å². The fourth-order valence-electron chi connectivity index (χ4n) is 1.97. The molecule has 1 N–H and O–H groups in total. The van der Waals surface area contributed by atoms with Crippen molar-refractivity contribution in [2.45, 2.75) is 13.5 Å². The highest BCUT2D eigenvalue weighted by atomic mass is 19.1. The van der Waals surface area contributed by atoms with Crippen molar-refractivity contribution < 1.29 is 4.39 Å². The third-order valence-electron chi connectivity index (χ3n) is 2.85. The van der Waals surface area contributed by atoms with E-state index >= 15 is 0 Å². The maximum Gasteiger partial charge on any atom is 0.131 e. The van der Waals surface area contributed by atoms with Crippen LogP contribution in [-0.4, -0.2) is 7.05 Å². The summed E-state index contributed by atoms with van der Waals surface area (Å²) in [4.78, 5) is 0.